The van der Waals surface area contributed by atoms with Crippen LogP contribution in [0.3, 0.4) is 0 Å². The number of nitrogens with one attached hydrogen (secondary N) is 1. The minimum Gasteiger partial charge on any atom is -0.494 e. The number of H-pyrrole nitrogens is 1. The first kappa shape index (κ1) is 27.9. The van der Waals surface area contributed by atoms with Crippen LogP contribution in [0.1, 0.15) is 51.4 Å². The van der Waals surface area contributed by atoms with Gasteiger partial charge in [-0.05, 0) is 76.9 Å². The monoisotopic (exact) mass is 581 g/mol. The molecule has 0 bridgehead atoms. The summed E-state index contributed by atoms with van der Waals surface area (Å²) in [6, 6.07) is 37.4. The Balaban J connectivity index is 1.26. The van der Waals surface area contributed by atoms with E-state index in [1.54, 1.807) is 14.2 Å². The van der Waals surface area contributed by atoms with E-state index in [9.17, 15) is 0 Å². The van der Waals surface area contributed by atoms with Crippen molar-refractivity contribution in [2.75, 3.05) is 14.2 Å². The maximum Gasteiger partial charge on any atom is 0.144 e. The van der Waals surface area contributed by atoms with Crippen molar-refractivity contribution in [2.24, 2.45) is 5.92 Å². The molecule has 0 fully saturated rings. The third-order valence-electron chi connectivity index (χ3n) is 8.67. The second kappa shape index (κ2) is 12.3. The topological polar surface area (TPSA) is 69.3 Å². The Kier molecular flexibility index (Phi) is 7.82. The molecule has 7 rings (SSSR count). The van der Waals surface area contributed by atoms with Crippen molar-refractivity contribution in [3.05, 3.63) is 155 Å². The predicted octanol–water partition coefficient (Wildman–Crippen LogP) is 7.83. The Morgan fingerprint density at radius 2 is 1.59 bits per heavy atom. The highest BCUT2D eigenvalue weighted by molar-refractivity contribution is 5.86. The van der Waals surface area contributed by atoms with Gasteiger partial charge in [-0.25, -0.2) is 4.98 Å². The summed E-state index contributed by atoms with van der Waals surface area (Å²) in [5.74, 6) is 2.72. The number of methoxy groups -OCH3 is 2. The molecule has 3 atom stereocenters. The van der Waals surface area contributed by atoms with E-state index in [2.05, 4.69) is 65.6 Å². The Hall–Kier alpha value is -4.94. The zero-order valence-corrected chi connectivity index (χ0v) is 24.9. The summed E-state index contributed by atoms with van der Waals surface area (Å²) in [4.78, 5) is 13.6. The molecule has 2 heterocycles. The van der Waals surface area contributed by atoms with Crippen molar-refractivity contribution in [2.45, 2.75) is 31.5 Å². The standard InChI is InChI=1S/C38H35N3O3/c1-42-33-19-18-31(35-36(33)41-38(40-35)37(43-2)26-13-7-4-8-14-26)34(32-15-9-10-20-39-32)29-21-27-16-17-30(23-28(27)22-29)44-24-25-11-5-3-6-12-25/h3-20,23,29,34,37H,21-22,24H2,1-2H3,(H,40,41). The van der Waals surface area contributed by atoms with Gasteiger partial charge in [-0.2, -0.15) is 0 Å². The molecule has 4 aromatic carbocycles. The molecular weight excluding hydrogens is 546 g/mol. The van der Waals surface area contributed by atoms with E-state index in [0.29, 0.717) is 12.5 Å². The molecule has 0 saturated carbocycles. The maximum atomic E-state index is 6.19. The van der Waals surface area contributed by atoms with Gasteiger partial charge in [-0.1, -0.05) is 78.9 Å². The van der Waals surface area contributed by atoms with Crippen molar-refractivity contribution in [3.8, 4) is 11.5 Å². The molecule has 1 aliphatic carbocycles. The summed E-state index contributed by atoms with van der Waals surface area (Å²) in [6.07, 6.45) is 3.42. The molecule has 2 aromatic heterocycles. The van der Waals surface area contributed by atoms with Crippen LogP contribution in [0.25, 0.3) is 11.0 Å². The molecule has 44 heavy (non-hydrogen) atoms. The highest BCUT2D eigenvalue weighted by atomic mass is 16.5. The van der Waals surface area contributed by atoms with E-state index in [1.165, 1.54) is 11.1 Å². The first-order valence-corrected chi connectivity index (χ1v) is 15.1. The summed E-state index contributed by atoms with van der Waals surface area (Å²) in [6.45, 7) is 0.552. The number of rotatable bonds is 10. The normalized spacial score (nSPS) is 15.5. The number of aromatic amines is 1. The van der Waals surface area contributed by atoms with Gasteiger partial charge in [0.1, 0.15) is 35.6 Å². The van der Waals surface area contributed by atoms with Crippen LogP contribution >= 0.6 is 0 Å². The fraction of sp³-hybridized carbons (Fsp3) is 0.211. The van der Waals surface area contributed by atoms with Gasteiger partial charge in [0.15, 0.2) is 0 Å². The number of ether oxygens (including phenoxy) is 3. The zero-order chi connectivity index (χ0) is 29.9. The molecule has 3 unspecified atom stereocenters. The number of hydrogen-bond acceptors (Lipinski definition) is 5. The molecule has 0 saturated heterocycles. The summed E-state index contributed by atoms with van der Waals surface area (Å²) < 4.78 is 17.9. The smallest absolute Gasteiger partial charge is 0.144 e. The summed E-state index contributed by atoms with van der Waals surface area (Å²) in [5.41, 5.74) is 8.80. The van der Waals surface area contributed by atoms with E-state index < -0.39 is 0 Å². The number of aromatic nitrogens is 3. The first-order chi connectivity index (χ1) is 21.7. The zero-order valence-electron chi connectivity index (χ0n) is 24.9. The molecule has 6 aromatic rings. The van der Waals surface area contributed by atoms with Crippen LogP contribution < -0.4 is 9.47 Å². The van der Waals surface area contributed by atoms with Crippen LogP contribution in [0.4, 0.5) is 0 Å². The second-order valence-corrected chi connectivity index (χ2v) is 11.3. The molecule has 0 aliphatic heterocycles. The maximum absolute atomic E-state index is 6.19. The van der Waals surface area contributed by atoms with Crippen LogP contribution in [0.15, 0.2) is 115 Å². The number of fused-ring (bicyclic) bond motifs is 2. The van der Waals surface area contributed by atoms with E-state index >= 15 is 0 Å². The van der Waals surface area contributed by atoms with Gasteiger partial charge >= 0.3 is 0 Å². The van der Waals surface area contributed by atoms with Gasteiger partial charge in [-0.15, -0.1) is 0 Å². The lowest BCUT2D eigenvalue weighted by atomic mass is 9.81. The largest absolute Gasteiger partial charge is 0.494 e. The molecule has 1 N–H and O–H groups in total. The van der Waals surface area contributed by atoms with Crippen molar-refractivity contribution in [1.29, 1.82) is 0 Å². The summed E-state index contributed by atoms with van der Waals surface area (Å²) in [5, 5.41) is 0. The lowest BCUT2D eigenvalue weighted by Crippen LogP contribution is -2.17. The first-order valence-electron chi connectivity index (χ1n) is 15.1. The third kappa shape index (κ3) is 5.45. The van der Waals surface area contributed by atoms with E-state index in [4.69, 9.17) is 24.2 Å². The van der Waals surface area contributed by atoms with Crippen LogP contribution in [-0.2, 0) is 24.2 Å². The van der Waals surface area contributed by atoms with E-state index in [1.807, 2.05) is 54.7 Å². The molecule has 6 nitrogen and oxygen atoms in total. The van der Waals surface area contributed by atoms with Gasteiger partial charge in [0.25, 0.3) is 0 Å². The predicted molar refractivity (Wildman–Crippen MR) is 172 cm³/mol. The molecule has 220 valence electrons. The second-order valence-electron chi connectivity index (χ2n) is 11.3. The van der Waals surface area contributed by atoms with Crippen LogP contribution in [-0.4, -0.2) is 29.2 Å². The molecular formula is C38H35N3O3. The average molecular weight is 582 g/mol. The highest BCUT2D eigenvalue weighted by Gasteiger charge is 2.34. The molecule has 0 amide bonds. The molecule has 1 aliphatic rings. The van der Waals surface area contributed by atoms with Gasteiger partial charge in [-0.3, -0.25) is 4.98 Å². The number of pyridine rings is 1. The van der Waals surface area contributed by atoms with E-state index in [0.717, 1.165) is 63.6 Å². The van der Waals surface area contributed by atoms with E-state index in [-0.39, 0.29) is 12.0 Å². The van der Waals surface area contributed by atoms with Gasteiger partial charge in [0.2, 0.25) is 0 Å². The quantitative estimate of drug-likeness (QED) is 0.179. The molecule has 6 heteroatoms. The Morgan fingerprint density at radius 1 is 0.818 bits per heavy atom. The van der Waals surface area contributed by atoms with Crippen LogP contribution in [0.5, 0.6) is 11.5 Å². The SMILES string of the molecule is COc1ccc(C(c2ccccn2)C2Cc3ccc(OCc4ccccc4)cc3C2)c2nc(C(OC)c3ccccc3)[nH]c12. The number of benzene rings is 4. The fourth-order valence-corrected chi connectivity index (χ4v) is 6.59. The van der Waals surface area contributed by atoms with Crippen molar-refractivity contribution < 1.29 is 14.2 Å². The number of imidazole rings is 1. The Bertz CT molecular complexity index is 1860. The average Bonchev–Trinajstić information content (AvgIpc) is 3.71. The van der Waals surface area contributed by atoms with Gasteiger partial charge < -0.3 is 19.2 Å². The number of hydrogen-bond donors (Lipinski definition) is 1. The van der Waals surface area contributed by atoms with Crippen molar-refractivity contribution >= 4 is 11.0 Å². The minimum absolute atomic E-state index is 0.0274. The van der Waals surface area contributed by atoms with Gasteiger partial charge in [0, 0.05) is 24.9 Å². The fourth-order valence-electron chi connectivity index (χ4n) is 6.59. The summed E-state index contributed by atoms with van der Waals surface area (Å²) in [7, 11) is 3.41. The molecule has 0 radical (unpaired) electrons. The minimum atomic E-state index is -0.334. The lowest BCUT2D eigenvalue weighted by Gasteiger charge is -2.24. The molecule has 0 spiro atoms. The van der Waals surface area contributed by atoms with Crippen LogP contribution in [0, 0.1) is 5.92 Å². The Labute approximate surface area is 257 Å². The van der Waals surface area contributed by atoms with Crippen molar-refractivity contribution in [3.63, 3.8) is 0 Å². The summed E-state index contributed by atoms with van der Waals surface area (Å²) >= 11 is 0. The van der Waals surface area contributed by atoms with Crippen molar-refractivity contribution in [1.82, 2.24) is 15.0 Å². The third-order valence-corrected chi connectivity index (χ3v) is 8.67. The highest BCUT2D eigenvalue weighted by Crippen LogP contribution is 2.44. The van der Waals surface area contributed by atoms with Gasteiger partial charge in [0.05, 0.1) is 12.6 Å². The Morgan fingerprint density at radius 3 is 2.34 bits per heavy atom. The number of nitrogens with zero attached hydrogens (tertiary/aromatic N) is 2. The van der Waals surface area contributed by atoms with Crippen LogP contribution in [0.2, 0.25) is 0 Å². The lowest BCUT2D eigenvalue weighted by molar-refractivity contribution is 0.130.